The maximum absolute atomic E-state index is 12.8. The largest absolute Gasteiger partial charge is 0.375 e. The molecule has 0 aliphatic heterocycles. The molecule has 4 N–H and O–H groups in total. The highest BCUT2D eigenvalue weighted by Crippen LogP contribution is 2.21. The number of fused-ring (bicyclic) bond motifs is 1. The number of aryl methyl sites for hydroxylation is 1. The number of nitrogens with zero attached hydrogens (tertiary/aromatic N) is 4. The van der Waals surface area contributed by atoms with Crippen LogP contribution in [0, 0.1) is 6.92 Å². The van der Waals surface area contributed by atoms with E-state index in [2.05, 4.69) is 25.7 Å². The molecule has 0 radical (unpaired) electrons. The van der Waals surface area contributed by atoms with Crippen LogP contribution >= 0.6 is 11.3 Å². The Balaban J connectivity index is 1.39. The molecule has 2 amide bonds. The van der Waals surface area contributed by atoms with Crippen LogP contribution < -0.4 is 16.4 Å². The average molecular weight is 399 g/mol. The first-order valence-corrected chi connectivity index (χ1v) is 9.95. The van der Waals surface area contributed by atoms with Crippen LogP contribution in [-0.2, 0) is 0 Å². The minimum atomic E-state index is -0.172. The molecule has 2 atom stereocenters. The third-order valence-electron chi connectivity index (χ3n) is 4.99. The molecule has 0 saturated heterocycles. The number of carbonyl (C=O) groups is 2. The van der Waals surface area contributed by atoms with Crippen molar-refractivity contribution < 1.29 is 9.59 Å². The number of rotatable bonds is 4. The van der Waals surface area contributed by atoms with Crippen molar-refractivity contribution >= 4 is 33.9 Å². The lowest BCUT2D eigenvalue weighted by molar-refractivity contribution is 0.0904. The Labute approximate surface area is 165 Å². The van der Waals surface area contributed by atoms with E-state index in [4.69, 9.17) is 5.73 Å². The van der Waals surface area contributed by atoms with Crippen LogP contribution in [-0.4, -0.2) is 43.5 Å². The molecule has 1 aliphatic rings. The minimum absolute atomic E-state index is 0.00249. The molecular formula is C18H21N7O2S. The highest BCUT2D eigenvalue weighted by molar-refractivity contribution is 7.17. The number of amides is 2. The number of thiazole rings is 1. The van der Waals surface area contributed by atoms with Gasteiger partial charge >= 0.3 is 0 Å². The molecule has 146 valence electrons. The predicted molar refractivity (Wildman–Crippen MR) is 105 cm³/mol. The Morgan fingerprint density at radius 2 is 1.93 bits per heavy atom. The lowest BCUT2D eigenvalue weighted by Crippen LogP contribution is -2.45. The van der Waals surface area contributed by atoms with Gasteiger partial charge in [0.15, 0.2) is 10.8 Å². The van der Waals surface area contributed by atoms with Crippen LogP contribution in [0.4, 0.5) is 5.13 Å². The van der Waals surface area contributed by atoms with E-state index in [9.17, 15) is 9.59 Å². The van der Waals surface area contributed by atoms with E-state index in [0.717, 1.165) is 25.0 Å². The maximum Gasteiger partial charge on any atom is 0.263 e. The molecule has 0 unspecified atom stereocenters. The summed E-state index contributed by atoms with van der Waals surface area (Å²) in [5.41, 5.74) is 7.55. The Hall–Kier alpha value is -3.01. The molecule has 0 bridgehead atoms. The molecule has 9 nitrogen and oxygen atoms in total. The monoisotopic (exact) mass is 399 g/mol. The Bertz CT molecular complexity index is 1030. The van der Waals surface area contributed by atoms with Gasteiger partial charge < -0.3 is 16.4 Å². The summed E-state index contributed by atoms with van der Waals surface area (Å²) >= 11 is 1.17. The number of nitrogen functional groups attached to an aromatic ring is 1. The molecule has 28 heavy (non-hydrogen) atoms. The summed E-state index contributed by atoms with van der Waals surface area (Å²) in [7, 11) is 0. The Morgan fingerprint density at radius 3 is 2.64 bits per heavy atom. The standard InChI is InChI=1S/C18H21N7O2S/c1-10-13(8-20-15-5-6-22-25(10)15)16(26)23-11-3-2-4-12(7-11)24-17(27)14-9-21-18(19)28-14/h5-6,8-9,11-12H,2-4,7H2,1H3,(H2,19,21)(H,23,26)(H,24,27)/t11-,12-/m1/s1. The van der Waals surface area contributed by atoms with Crippen molar-refractivity contribution in [1.82, 2.24) is 30.2 Å². The van der Waals surface area contributed by atoms with Gasteiger partial charge in [-0.25, -0.2) is 14.5 Å². The van der Waals surface area contributed by atoms with Crippen LogP contribution in [0.3, 0.4) is 0 Å². The van der Waals surface area contributed by atoms with Gasteiger partial charge in [-0.2, -0.15) is 5.10 Å². The summed E-state index contributed by atoms with van der Waals surface area (Å²) in [5.74, 6) is -0.343. The molecule has 0 spiro atoms. The zero-order chi connectivity index (χ0) is 19.7. The Morgan fingerprint density at radius 1 is 1.18 bits per heavy atom. The van der Waals surface area contributed by atoms with Crippen molar-refractivity contribution in [3.05, 3.63) is 40.8 Å². The van der Waals surface area contributed by atoms with Crippen molar-refractivity contribution in [1.29, 1.82) is 0 Å². The van der Waals surface area contributed by atoms with Crippen LogP contribution in [0.5, 0.6) is 0 Å². The summed E-state index contributed by atoms with van der Waals surface area (Å²) in [4.78, 5) is 33.8. The second kappa shape index (κ2) is 7.55. The van der Waals surface area contributed by atoms with E-state index in [1.54, 1.807) is 23.0 Å². The van der Waals surface area contributed by atoms with Crippen LogP contribution in [0.2, 0.25) is 0 Å². The van der Waals surface area contributed by atoms with Crippen molar-refractivity contribution in [2.75, 3.05) is 5.73 Å². The number of anilines is 1. The molecule has 1 aliphatic carbocycles. The first-order valence-electron chi connectivity index (χ1n) is 9.13. The minimum Gasteiger partial charge on any atom is -0.375 e. The Kier molecular flexibility index (Phi) is 4.95. The molecular weight excluding hydrogens is 378 g/mol. The van der Waals surface area contributed by atoms with Gasteiger partial charge in [-0.05, 0) is 32.6 Å². The second-order valence-electron chi connectivity index (χ2n) is 6.93. The van der Waals surface area contributed by atoms with Crippen molar-refractivity contribution in [3.8, 4) is 0 Å². The third kappa shape index (κ3) is 3.68. The normalized spacial score (nSPS) is 19.5. The summed E-state index contributed by atoms with van der Waals surface area (Å²) in [6, 6.07) is 1.79. The van der Waals surface area contributed by atoms with Gasteiger partial charge in [0.1, 0.15) is 4.88 Å². The summed E-state index contributed by atoms with van der Waals surface area (Å²) in [5, 5.41) is 10.7. The lowest BCUT2D eigenvalue weighted by Gasteiger charge is -2.30. The quantitative estimate of drug-likeness (QED) is 0.611. The highest BCUT2D eigenvalue weighted by Gasteiger charge is 2.26. The van der Waals surface area contributed by atoms with Gasteiger partial charge in [0, 0.05) is 24.3 Å². The average Bonchev–Trinajstić information content (AvgIpc) is 3.31. The lowest BCUT2D eigenvalue weighted by atomic mass is 9.90. The zero-order valence-corrected chi connectivity index (χ0v) is 16.2. The molecule has 3 aromatic rings. The fourth-order valence-electron chi connectivity index (χ4n) is 3.58. The van der Waals surface area contributed by atoms with Gasteiger partial charge in [0.25, 0.3) is 11.8 Å². The van der Waals surface area contributed by atoms with Crippen LogP contribution in [0.25, 0.3) is 5.65 Å². The smallest absolute Gasteiger partial charge is 0.263 e. The fourth-order valence-corrected chi connectivity index (χ4v) is 4.17. The summed E-state index contributed by atoms with van der Waals surface area (Å²) in [6.07, 6.45) is 8.09. The molecule has 0 aromatic carbocycles. The van der Waals surface area contributed by atoms with E-state index < -0.39 is 0 Å². The molecule has 3 aromatic heterocycles. The maximum atomic E-state index is 12.8. The molecule has 10 heteroatoms. The van der Waals surface area contributed by atoms with Crippen LogP contribution in [0.15, 0.2) is 24.7 Å². The number of hydrogen-bond donors (Lipinski definition) is 3. The van der Waals surface area contributed by atoms with E-state index in [0.29, 0.717) is 27.6 Å². The van der Waals surface area contributed by atoms with Crippen molar-refractivity contribution in [3.63, 3.8) is 0 Å². The first kappa shape index (κ1) is 18.4. The van der Waals surface area contributed by atoms with Crippen molar-refractivity contribution in [2.24, 2.45) is 0 Å². The van der Waals surface area contributed by atoms with Gasteiger partial charge in [-0.3, -0.25) is 9.59 Å². The van der Waals surface area contributed by atoms with E-state index >= 15 is 0 Å². The molecule has 3 heterocycles. The number of aromatic nitrogens is 4. The van der Waals surface area contributed by atoms with Gasteiger partial charge in [0.05, 0.1) is 23.7 Å². The van der Waals surface area contributed by atoms with E-state index in [1.165, 1.54) is 17.5 Å². The topological polar surface area (TPSA) is 127 Å². The summed E-state index contributed by atoms with van der Waals surface area (Å²) < 4.78 is 1.65. The van der Waals surface area contributed by atoms with E-state index in [-0.39, 0.29) is 23.9 Å². The second-order valence-corrected chi connectivity index (χ2v) is 7.99. The van der Waals surface area contributed by atoms with Gasteiger partial charge in [-0.15, -0.1) is 0 Å². The van der Waals surface area contributed by atoms with Crippen molar-refractivity contribution in [2.45, 2.75) is 44.7 Å². The molecule has 1 fully saturated rings. The number of carbonyl (C=O) groups excluding carboxylic acids is 2. The van der Waals surface area contributed by atoms with Gasteiger partial charge in [0.2, 0.25) is 0 Å². The van der Waals surface area contributed by atoms with Crippen LogP contribution in [0.1, 0.15) is 51.4 Å². The SMILES string of the molecule is Cc1c(C(=O)N[C@@H]2CCC[C@@H](NC(=O)c3cnc(N)s3)C2)cnc2ccnn12. The number of nitrogens with two attached hydrogens (primary N) is 1. The predicted octanol–water partition coefficient (Wildman–Crippen LogP) is 1.55. The highest BCUT2D eigenvalue weighted by atomic mass is 32.1. The van der Waals surface area contributed by atoms with E-state index in [1.807, 2.05) is 6.92 Å². The fraction of sp³-hybridized carbons (Fsp3) is 0.389. The number of nitrogens with one attached hydrogen (secondary N) is 2. The van der Waals surface area contributed by atoms with Gasteiger partial charge in [-0.1, -0.05) is 11.3 Å². The molecule has 1 saturated carbocycles. The zero-order valence-electron chi connectivity index (χ0n) is 15.4. The first-order chi connectivity index (χ1) is 13.5. The summed E-state index contributed by atoms with van der Waals surface area (Å²) in [6.45, 7) is 1.85. The third-order valence-corrected chi connectivity index (χ3v) is 5.82. The number of hydrogen-bond acceptors (Lipinski definition) is 7. The molecule has 4 rings (SSSR count).